The van der Waals surface area contributed by atoms with Crippen molar-refractivity contribution in [1.82, 2.24) is 19.2 Å². The van der Waals surface area contributed by atoms with Gasteiger partial charge in [-0.05, 0) is 42.9 Å². The monoisotopic (exact) mass is 423 g/mol. The van der Waals surface area contributed by atoms with Crippen LogP contribution in [0.1, 0.15) is 23.8 Å². The van der Waals surface area contributed by atoms with Crippen LogP contribution in [0.4, 0.5) is 5.69 Å². The molecule has 1 amide bonds. The fourth-order valence-corrected chi connectivity index (χ4v) is 5.35. The Hall–Kier alpha value is -3.20. The van der Waals surface area contributed by atoms with Crippen molar-refractivity contribution in [2.75, 3.05) is 12.4 Å². The fraction of sp³-hybridized carbons (Fsp3) is 0.333. The van der Waals surface area contributed by atoms with E-state index in [0.29, 0.717) is 23.0 Å². The summed E-state index contributed by atoms with van der Waals surface area (Å²) in [6.45, 7) is 2.08. The Morgan fingerprint density at radius 1 is 1.40 bits per heavy atom. The zero-order valence-corrected chi connectivity index (χ0v) is 17.5. The summed E-state index contributed by atoms with van der Waals surface area (Å²) in [5, 5.41) is 8.24. The van der Waals surface area contributed by atoms with Gasteiger partial charge in [-0.15, -0.1) is 16.4 Å². The van der Waals surface area contributed by atoms with E-state index >= 15 is 0 Å². The normalized spacial score (nSPS) is 16.0. The minimum absolute atomic E-state index is 0.178. The largest absolute Gasteiger partial charge is 0.497 e. The van der Waals surface area contributed by atoms with E-state index in [9.17, 15) is 9.59 Å². The van der Waals surface area contributed by atoms with E-state index in [2.05, 4.69) is 22.3 Å². The highest BCUT2D eigenvalue weighted by molar-refractivity contribution is 7.19. The summed E-state index contributed by atoms with van der Waals surface area (Å²) in [5.74, 6) is 0.962. The quantitative estimate of drug-likeness (QED) is 0.545. The Morgan fingerprint density at radius 2 is 2.27 bits per heavy atom. The van der Waals surface area contributed by atoms with Gasteiger partial charge >= 0.3 is 5.69 Å². The third-order valence-corrected chi connectivity index (χ3v) is 6.69. The number of methoxy groups -OCH3 is 1. The van der Waals surface area contributed by atoms with E-state index < -0.39 is 0 Å². The first kappa shape index (κ1) is 18.8. The summed E-state index contributed by atoms with van der Waals surface area (Å²) in [5.41, 5.74) is 2.06. The van der Waals surface area contributed by atoms with E-state index in [1.54, 1.807) is 42.7 Å². The summed E-state index contributed by atoms with van der Waals surface area (Å²) in [6.07, 6.45) is 4.63. The van der Waals surface area contributed by atoms with Gasteiger partial charge < -0.3 is 10.1 Å². The lowest BCUT2D eigenvalue weighted by molar-refractivity contribution is -0.117. The second kappa shape index (κ2) is 7.24. The second-order valence-electron chi connectivity index (χ2n) is 7.69. The third-order valence-electron chi connectivity index (χ3n) is 5.52. The molecule has 8 nitrogen and oxygen atoms in total. The Labute approximate surface area is 176 Å². The molecular weight excluding hydrogens is 402 g/mol. The van der Waals surface area contributed by atoms with E-state index in [4.69, 9.17) is 4.74 Å². The van der Waals surface area contributed by atoms with Gasteiger partial charge in [-0.3, -0.25) is 4.79 Å². The van der Waals surface area contributed by atoms with Crippen molar-refractivity contribution in [2.24, 2.45) is 5.92 Å². The topological polar surface area (TPSA) is 90.5 Å². The van der Waals surface area contributed by atoms with Crippen molar-refractivity contribution in [3.8, 4) is 5.75 Å². The SMILES string of the molecule is COc1cccc(NC(=O)Cn2nc3c4c5c(sc4ncn3c2=O)CC(C)CC5)c1. The molecule has 0 saturated carbocycles. The van der Waals surface area contributed by atoms with Crippen molar-refractivity contribution in [2.45, 2.75) is 32.7 Å². The van der Waals surface area contributed by atoms with Crippen molar-refractivity contribution in [1.29, 1.82) is 0 Å². The van der Waals surface area contributed by atoms with Crippen LogP contribution in [0.5, 0.6) is 5.75 Å². The molecule has 0 saturated heterocycles. The van der Waals surface area contributed by atoms with Crippen molar-refractivity contribution >= 4 is 38.8 Å². The number of amides is 1. The molecule has 1 aromatic carbocycles. The highest BCUT2D eigenvalue weighted by atomic mass is 32.1. The molecule has 1 aliphatic rings. The number of fused-ring (bicyclic) bond motifs is 5. The average Bonchev–Trinajstić information content (AvgIpc) is 3.25. The molecule has 0 fully saturated rings. The van der Waals surface area contributed by atoms with Crippen LogP contribution in [-0.2, 0) is 24.2 Å². The minimum Gasteiger partial charge on any atom is -0.497 e. The first-order chi connectivity index (χ1) is 14.5. The van der Waals surface area contributed by atoms with Gasteiger partial charge in [0.25, 0.3) is 0 Å². The van der Waals surface area contributed by atoms with Crippen LogP contribution in [0.25, 0.3) is 15.9 Å². The molecule has 0 aliphatic heterocycles. The summed E-state index contributed by atoms with van der Waals surface area (Å²) < 4.78 is 7.80. The van der Waals surface area contributed by atoms with E-state index in [-0.39, 0.29) is 18.1 Å². The maximum absolute atomic E-state index is 12.8. The predicted octanol–water partition coefficient (Wildman–Crippen LogP) is 2.88. The molecule has 0 bridgehead atoms. The van der Waals surface area contributed by atoms with Crippen LogP contribution in [0.15, 0.2) is 35.4 Å². The van der Waals surface area contributed by atoms with Crippen LogP contribution in [0.2, 0.25) is 0 Å². The number of nitrogens with zero attached hydrogens (tertiary/aromatic N) is 4. The standard InChI is InChI=1S/C21H21N5O3S/c1-12-6-7-15-16(8-12)30-20-18(15)19-24-26(21(28)25(19)11-22-20)10-17(27)23-13-4-3-5-14(9-13)29-2/h3-5,9,11-12H,6-8,10H2,1-2H3,(H,23,27). The summed E-state index contributed by atoms with van der Waals surface area (Å²) >= 11 is 1.69. The van der Waals surface area contributed by atoms with E-state index in [0.717, 1.165) is 29.5 Å². The average molecular weight is 423 g/mol. The lowest BCUT2D eigenvalue weighted by Crippen LogP contribution is -2.28. The number of carbonyl (C=O) groups is 1. The van der Waals surface area contributed by atoms with Gasteiger partial charge in [0.1, 0.15) is 23.5 Å². The van der Waals surface area contributed by atoms with Crippen molar-refractivity contribution < 1.29 is 9.53 Å². The number of anilines is 1. The number of hydrogen-bond acceptors (Lipinski definition) is 6. The number of nitrogens with one attached hydrogen (secondary N) is 1. The molecule has 1 unspecified atom stereocenters. The molecule has 5 rings (SSSR count). The van der Waals surface area contributed by atoms with Crippen molar-refractivity contribution in [3.63, 3.8) is 0 Å². The van der Waals surface area contributed by atoms with E-state index in [1.165, 1.54) is 25.9 Å². The molecule has 9 heteroatoms. The van der Waals surface area contributed by atoms with Gasteiger partial charge in [0.15, 0.2) is 5.65 Å². The number of rotatable bonds is 4. The molecule has 30 heavy (non-hydrogen) atoms. The molecule has 3 heterocycles. The smallest absolute Gasteiger partial charge is 0.352 e. The second-order valence-corrected chi connectivity index (χ2v) is 8.77. The summed E-state index contributed by atoms with van der Waals surface area (Å²) in [7, 11) is 1.57. The lowest BCUT2D eigenvalue weighted by atomic mass is 9.89. The van der Waals surface area contributed by atoms with Gasteiger partial charge in [0, 0.05) is 16.6 Å². The number of aromatic nitrogens is 4. The van der Waals surface area contributed by atoms with Crippen LogP contribution >= 0.6 is 11.3 Å². The van der Waals surface area contributed by atoms with Gasteiger partial charge in [0.05, 0.1) is 12.5 Å². The maximum atomic E-state index is 12.8. The highest BCUT2D eigenvalue weighted by Crippen LogP contribution is 2.38. The molecule has 1 atom stereocenters. The minimum atomic E-state index is -0.371. The van der Waals surface area contributed by atoms with Crippen molar-refractivity contribution in [3.05, 3.63) is 51.5 Å². The van der Waals surface area contributed by atoms with Crippen LogP contribution < -0.4 is 15.7 Å². The van der Waals surface area contributed by atoms with Gasteiger partial charge in [-0.1, -0.05) is 13.0 Å². The number of ether oxygens (including phenoxy) is 1. The number of hydrogen-bond donors (Lipinski definition) is 1. The highest BCUT2D eigenvalue weighted by Gasteiger charge is 2.24. The Morgan fingerprint density at radius 3 is 3.10 bits per heavy atom. The summed E-state index contributed by atoms with van der Waals surface area (Å²) in [6, 6.07) is 7.06. The maximum Gasteiger partial charge on any atom is 0.352 e. The van der Waals surface area contributed by atoms with Crippen LogP contribution in [-0.4, -0.2) is 32.2 Å². The lowest BCUT2D eigenvalue weighted by Gasteiger charge is -2.17. The number of thiophene rings is 1. The number of benzene rings is 1. The molecule has 3 aromatic heterocycles. The molecule has 0 spiro atoms. The van der Waals surface area contributed by atoms with Crippen LogP contribution in [0, 0.1) is 5.92 Å². The first-order valence-electron chi connectivity index (χ1n) is 9.86. The van der Waals surface area contributed by atoms with Gasteiger partial charge in [0.2, 0.25) is 5.91 Å². The Kier molecular flexibility index (Phi) is 4.54. The Bertz CT molecular complexity index is 1340. The molecule has 1 aliphatic carbocycles. The van der Waals surface area contributed by atoms with Gasteiger partial charge in [-0.2, -0.15) is 0 Å². The number of carbonyl (C=O) groups excluding carboxylic acids is 1. The summed E-state index contributed by atoms with van der Waals surface area (Å²) in [4.78, 5) is 32.1. The molecular formula is C21H21N5O3S. The van der Waals surface area contributed by atoms with Crippen LogP contribution in [0.3, 0.4) is 0 Å². The predicted molar refractivity (Wildman–Crippen MR) is 115 cm³/mol. The van der Waals surface area contributed by atoms with Gasteiger partial charge in [-0.25, -0.2) is 18.9 Å². The number of aryl methyl sites for hydroxylation is 1. The molecule has 0 radical (unpaired) electrons. The molecule has 4 aromatic rings. The van der Waals surface area contributed by atoms with E-state index in [1.807, 2.05) is 0 Å². The Balaban J connectivity index is 1.49. The molecule has 1 N–H and O–H groups in total. The molecule has 154 valence electrons. The fourth-order valence-electron chi connectivity index (χ4n) is 4.00. The zero-order valence-electron chi connectivity index (χ0n) is 16.7. The first-order valence-corrected chi connectivity index (χ1v) is 10.7. The third kappa shape index (κ3) is 3.15. The zero-order chi connectivity index (χ0) is 20.8.